The predicted octanol–water partition coefficient (Wildman–Crippen LogP) is 5.85. The van der Waals surface area contributed by atoms with E-state index < -0.39 is 0 Å². The molecule has 160 valence electrons. The number of hydrogen-bond donors (Lipinski definition) is 0. The van der Waals surface area contributed by atoms with Crippen molar-refractivity contribution in [3.8, 4) is 0 Å². The maximum atomic E-state index is 2.60. The molecular formula is C27H31N3S. The molecule has 0 amide bonds. The zero-order valence-electron chi connectivity index (χ0n) is 18.6. The van der Waals surface area contributed by atoms with Gasteiger partial charge in [-0.25, -0.2) is 0 Å². The molecule has 0 radical (unpaired) electrons. The fourth-order valence-corrected chi connectivity index (χ4v) is 5.30. The van der Waals surface area contributed by atoms with Gasteiger partial charge in [0.05, 0.1) is 0 Å². The molecule has 1 aromatic heterocycles. The Bertz CT molecular complexity index is 1170. The first-order chi connectivity index (χ1) is 15.2. The molecule has 5 rings (SSSR count). The lowest BCUT2D eigenvalue weighted by Crippen LogP contribution is -2.45. The predicted molar refractivity (Wildman–Crippen MR) is 134 cm³/mol. The Morgan fingerprint density at radius 3 is 2.00 bits per heavy atom. The molecule has 31 heavy (non-hydrogen) atoms. The van der Waals surface area contributed by atoms with Crippen molar-refractivity contribution in [2.45, 2.75) is 31.5 Å². The van der Waals surface area contributed by atoms with Gasteiger partial charge in [0.25, 0.3) is 0 Å². The van der Waals surface area contributed by atoms with E-state index in [-0.39, 0.29) is 0 Å². The third-order valence-corrected chi connectivity index (χ3v) is 7.33. The van der Waals surface area contributed by atoms with Gasteiger partial charge in [-0.3, -0.25) is 9.80 Å². The maximum Gasteiger partial charge on any atom is 0.0491 e. The fraction of sp³-hybridized carbons (Fsp3) is 0.333. The van der Waals surface area contributed by atoms with Crippen LogP contribution >= 0.6 is 11.8 Å². The van der Waals surface area contributed by atoms with E-state index in [4.69, 9.17) is 0 Å². The SMILES string of the molecule is CCn1c2ccccc2c2cc(CN3CCN(Cc4ccc(SC)cc4)CC3)ccc21. The number of nitrogens with zero attached hydrogens (tertiary/aromatic N) is 3. The van der Waals surface area contributed by atoms with E-state index in [0.29, 0.717) is 0 Å². The Kier molecular flexibility index (Phi) is 6.04. The van der Waals surface area contributed by atoms with Gasteiger partial charge in [-0.15, -0.1) is 11.8 Å². The number of aryl methyl sites for hydroxylation is 1. The van der Waals surface area contributed by atoms with Crippen LogP contribution in [-0.4, -0.2) is 46.8 Å². The first-order valence-electron chi connectivity index (χ1n) is 11.3. The minimum Gasteiger partial charge on any atom is -0.341 e. The number of hydrogen-bond acceptors (Lipinski definition) is 3. The van der Waals surface area contributed by atoms with Crippen LogP contribution in [0.3, 0.4) is 0 Å². The largest absolute Gasteiger partial charge is 0.341 e. The van der Waals surface area contributed by atoms with Gasteiger partial charge in [0.1, 0.15) is 0 Å². The summed E-state index contributed by atoms with van der Waals surface area (Å²) in [4.78, 5) is 6.53. The van der Waals surface area contributed by atoms with Crippen LogP contribution in [0.5, 0.6) is 0 Å². The molecule has 4 heteroatoms. The molecule has 0 atom stereocenters. The maximum absolute atomic E-state index is 2.60. The van der Waals surface area contributed by atoms with E-state index >= 15 is 0 Å². The highest BCUT2D eigenvalue weighted by molar-refractivity contribution is 7.98. The second kappa shape index (κ2) is 9.07. The van der Waals surface area contributed by atoms with Crippen molar-refractivity contribution < 1.29 is 0 Å². The van der Waals surface area contributed by atoms with Gasteiger partial charge >= 0.3 is 0 Å². The first-order valence-corrected chi connectivity index (χ1v) is 12.5. The van der Waals surface area contributed by atoms with Crippen LogP contribution in [0.1, 0.15) is 18.1 Å². The lowest BCUT2D eigenvalue weighted by atomic mass is 10.1. The summed E-state index contributed by atoms with van der Waals surface area (Å²) in [6.07, 6.45) is 2.13. The second-order valence-corrected chi connectivity index (χ2v) is 9.39. The van der Waals surface area contributed by atoms with E-state index in [9.17, 15) is 0 Å². The van der Waals surface area contributed by atoms with Gasteiger partial charge in [0, 0.05) is 72.5 Å². The van der Waals surface area contributed by atoms with E-state index in [1.807, 2.05) is 0 Å². The minimum atomic E-state index is 1.01. The molecule has 0 aliphatic carbocycles. The Hall–Kier alpha value is -2.27. The summed E-state index contributed by atoms with van der Waals surface area (Å²) in [6, 6.07) is 24.9. The molecule has 3 nitrogen and oxygen atoms in total. The first kappa shape index (κ1) is 20.6. The second-order valence-electron chi connectivity index (χ2n) is 8.51. The van der Waals surface area contributed by atoms with Crippen molar-refractivity contribution in [1.29, 1.82) is 0 Å². The summed E-state index contributed by atoms with van der Waals surface area (Å²) in [6.45, 7) is 9.89. The molecule has 2 heterocycles. The van der Waals surface area contributed by atoms with E-state index in [2.05, 4.69) is 94.3 Å². The molecule has 1 aliphatic heterocycles. The molecule has 0 bridgehead atoms. The lowest BCUT2D eigenvalue weighted by Gasteiger charge is -2.34. The number of thioether (sulfide) groups is 1. The molecule has 4 aromatic rings. The zero-order chi connectivity index (χ0) is 21.2. The van der Waals surface area contributed by atoms with Crippen LogP contribution in [0, 0.1) is 0 Å². The van der Waals surface area contributed by atoms with Crippen LogP contribution in [0.25, 0.3) is 21.8 Å². The molecular weight excluding hydrogens is 398 g/mol. The summed E-state index contributed by atoms with van der Waals surface area (Å²) in [5.41, 5.74) is 5.54. The number of fused-ring (bicyclic) bond motifs is 3. The van der Waals surface area contributed by atoms with Gasteiger partial charge in [-0.2, -0.15) is 0 Å². The summed E-state index contributed by atoms with van der Waals surface area (Å²) >= 11 is 1.81. The highest BCUT2D eigenvalue weighted by atomic mass is 32.2. The normalized spacial score (nSPS) is 15.8. The van der Waals surface area contributed by atoms with Crippen molar-refractivity contribution >= 4 is 33.6 Å². The van der Waals surface area contributed by atoms with Crippen molar-refractivity contribution in [3.63, 3.8) is 0 Å². The smallest absolute Gasteiger partial charge is 0.0491 e. The van der Waals surface area contributed by atoms with E-state index in [1.54, 1.807) is 11.8 Å². The molecule has 0 spiro atoms. The lowest BCUT2D eigenvalue weighted by molar-refractivity contribution is 0.122. The number of benzene rings is 3. The third-order valence-electron chi connectivity index (χ3n) is 6.59. The monoisotopic (exact) mass is 429 g/mol. The Labute approximate surface area is 189 Å². The van der Waals surface area contributed by atoms with Crippen molar-refractivity contribution in [3.05, 3.63) is 77.9 Å². The summed E-state index contributed by atoms with van der Waals surface area (Å²) in [5.74, 6) is 0. The van der Waals surface area contributed by atoms with E-state index in [1.165, 1.54) is 37.8 Å². The van der Waals surface area contributed by atoms with Crippen LogP contribution < -0.4 is 0 Å². The van der Waals surface area contributed by atoms with Gasteiger partial charge in [0.2, 0.25) is 0 Å². The van der Waals surface area contributed by atoms with Gasteiger partial charge < -0.3 is 4.57 Å². The standard InChI is InChI=1S/C27H31N3S/c1-3-30-26-7-5-4-6-24(26)25-18-22(10-13-27(25)30)20-29-16-14-28(15-17-29)19-21-8-11-23(31-2)12-9-21/h4-13,18H,3,14-17,19-20H2,1-2H3. The van der Waals surface area contributed by atoms with Gasteiger partial charge in [-0.05, 0) is 54.6 Å². The fourth-order valence-electron chi connectivity index (χ4n) is 4.89. The number of rotatable bonds is 6. The molecule has 1 aliphatic rings. The molecule has 1 saturated heterocycles. The Morgan fingerprint density at radius 1 is 0.710 bits per heavy atom. The van der Waals surface area contributed by atoms with Crippen LogP contribution in [0.2, 0.25) is 0 Å². The van der Waals surface area contributed by atoms with Crippen molar-refractivity contribution in [2.75, 3.05) is 32.4 Å². The molecule has 0 unspecified atom stereocenters. The minimum absolute atomic E-state index is 1.01. The highest BCUT2D eigenvalue weighted by Gasteiger charge is 2.18. The van der Waals surface area contributed by atoms with Gasteiger partial charge in [-0.1, -0.05) is 36.4 Å². The van der Waals surface area contributed by atoms with Crippen molar-refractivity contribution in [1.82, 2.24) is 14.4 Å². The Balaban J connectivity index is 1.25. The molecule has 1 fully saturated rings. The number of aromatic nitrogens is 1. The third kappa shape index (κ3) is 4.25. The zero-order valence-corrected chi connectivity index (χ0v) is 19.4. The Morgan fingerprint density at radius 2 is 1.32 bits per heavy atom. The molecule has 0 saturated carbocycles. The topological polar surface area (TPSA) is 11.4 Å². The summed E-state index contributed by atoms with van der Waals surface area (Å²) in [7, 11) is 0. The quantitative estimate of drug-likeness (QED) is 0.356. The van der Waals surface area contributed by atoms with Crippen LogP contribution in [0.15, 0.2) is 71.6 Å². The average molecular weight is 430 g/mol. The molecule has 0 N–H and O–H groups in total. The van der Waals surface area contributed by atoms with Crippen LogP contribution in [-0.2, 0) is 19.6 Å². The summed E-state index contributed by atoms with van der Waals surface area (Å²) < 4.78 is 2.43. The average Bonchev–Trinajstić information content (AvgIpc) is 3.14. The van der Waals surface area contributed by atoms with Gasteiger partial charge in [0.15, 0.2) is 0 Å². The van der Waals surface area contributed by atoms with E-state index in [0.717, 1.165) is 45.8 Å². The van der Waals surface area contributed by atoms with Crippen molar-refractivity contribution in [2.24, 2.45) is 0 Å². The number of piperazine rings is 1. The number of para-hydroxylation sites is 1. The van der Waals surface area contributed by atoms with Crippen LogP contribution in [0.4, 0.5) is 0 Å². The highest BCUT2D eigenvalue weighted by Crippen LogP contribution is 2.30. The summed E-state index contributed by atoms with van der Waals surface area (Å²) in [5, 5.41) is 2.76. The molecule has 3 aromatic carbocycles.